The summed E-state index contributed by atoms with van der Waals surface area (Å²) in [5.41, 5.74) is 0.265. The summed E-state index contributed by atoms with van der Waals surface area (Å²) in [6.07, 6.45) is -2.93. The largest absolute Gasteiger partial charge is 0.415 e. The van der Waals surface area contributed by atoms with E-state index in [2.05, 4.69) is 10.2 Å². The normalized spacial score (nSPS) is 15.6. The summed E-state index contributed by atoms with van der Waals surface area (Å²) < 4.78 is 44.7. The van der Waals surface area contributed by atoms with Gasteiger partial charge in [-0.2, -0.15) is 8.78 Å². The van der Waals surface area contributed by atoms with Crippen molar-refractivity contribution in [2.45, 2.75) is 32.2 Å². The summed E-state index contributed by atoms with van der Waals surface area (Å²) in [5.74, 6) is -2.79. The maximum atomic E-state index is 14.7. The van der Waals surface area contributed by atoms with E-state index >= 15 is 0 Å². The molecule has 0 N–H and O–H groups in total. The van der Waals surface area contributed by atoms with Crippen LogP contribution in [0.15, 0.2) is 46.9 Å². The van der Waals surface area contributed by atoms with Gasteiger partial charge in [0.1, 0.15) is 5.82 Å². The Bertz CT molecular complexity index is 1160. The number of hydrogen-bond donors (Lipinski definition) is 0. The number of rotatable bonds is 4. The first kappa shape index (κ1) is 19.8. The lowest BCUT2D eigenvalue weighted by atomic mass is 9.77. The highest BCUT2D eigenvalue weighted by Gasteiger charge is 2.44. The van der Waals surface area contributed by atoms with Crippen LogP contribution < -0.4 is 0 Å². The summed E-state index contributed by atoms with van der Waals surface area (Å²) in [5, 5.41) is 6.69. The molecular formula is C21H16F3N3O3. The molecule has 1 aliphatic rings. The predicted molar refractivity (Wildman–Crippen MR) is 99.0 cm³/mol. The zero-order chi connectivity index (χ0) is 21.6. The van der Waals surface area contributed by atoms with Crippen LogP contribution in [0.3, 0.4) is 0 Å². The number of carbonyl (C=O) groups is 2. The lowest BCUT2D eigenvalue weighted by Crippen LogP contribution is -2.51. The average Bonchev–Trinajstić information content (AvgIpc) is 3.22. The molecule has 9 heteroatoms. The van der Waals surface area contributed by atoms with E-state index in [0.717, 1.165) is 11.0 Å². The van der Waals surface area contributed by atoms with Gasteiger partial charge in [-0.3, -0.25) is 14.5 Å². The van der Waals surface area contributed by atoms with Crippen LogP contribution in [0.2, 0.25) is 0 Å². The molecule has 30 heavy (non-hydrogen) atoms. The Hall–Kier alpha value is -3.49. The molecule has 0 unspecified atom stereocenters. The summed E-state index contributed by atoms with van der Waals surface area (Å²) in [4.78, 5) is 26.8. The number of alkyl halides is 2. The number of fused-ring (bicyclic) bond motifs is 1. The Labute approximate surface area is 169 Å². The third-order valence-electron chi connectivity index (χ3n) is 5.11. The highest BCUT2D eigenvalue weighted by molar-refractivity contribution is 6.12. The molecule has 0 saturated heterocycles. The highest BCUT2D eigenvalue weighted by Crippen LogP contribution is 2.35. The van der Waals surface area contributed by atoms with Gasteiger partial charge in [0.2, 0.25) is 11.8 Å². The molecule has 154 valence electrons. The van der Waals surface area contributed by atoms with Crippen LogP contribution in [0.25, 0.3) is 11.5 Å². The van der Waals surface area contributed by atoms with Gasteiger partial charge >= 0.3 is 6.43 Å². The molecule has 3 aromatic rings. The molecule has 0 spiro atoms. The smallest absolute Gasteiger partial charge is 0.314 e. The Morgan fingerprint density at radius 2 is 1.83 bits per heavy atom. The Kier molecular flexibility index (Phi) is 4.68. The van der Waals surface area contributed by atoms with Crippen molar-refractivity contribution in [3.05, 3.63) is 70.9 Å². The number of aromatic nitrogens is 2. The molecule has 0 atom stereocenters. The molecule has 6 nitrogen and oxygen atoms in total. The first-order valence-electron chi connectivity index (χ1n) is 9.06. The molecule has 0 aliphatic carbocycles. The second-order valence-corrected chi connectivity index (χ2v) is 7.42. The Morgan fingerprint density at radius 3 is 2.50 bits per heavy atom. The molecule has 0 saturated carbocycles. The molecular weight excluding hydrogens is 399 g/mol. The molecule has 2 heterocycles. The fourth-order valence-electron chi connectivity index (χ4n) is 3.47. The number of nitrogens with zero attached hydrogens (tertiary/aromatic N) is 3. The first-order valence-corrected chi connectivity index (χ1v) is 9.06. The van der Waals surface area contributed by atoms with Gasteiger partial charge in [0.05, 0.1) is 12.0 Å². The van der Waals surface area contributed by atoms with Gasteiger partial charge in [0, 0.05) is 16.7 Å². The monoisotopic (exact) mass is 415 g/mol. The van der Waals surface area contributed by atoms with Gasteiger partial charge in [-0.25, -0.2) is 4.39 Å². The van der Waals surface area contributed by atoms with E-state index < -0.39 is 35.4 Å². The summed E-state index contributed by atoms with van der Waals surface area (Å²) >= 11 is 0. The number of imide groups is 1. The molecule has 0 fully saturated rings. The number of carbonyl (C=O) groups excluding carboxylic acids is 2. The van der Waals surface area contributed by atoms with Crippen molar-refractivity contribution in [1.29, 1.82) is 0 Å². The van der Waals surface area contributed by atoms with Crippen molar-refractivity contribution in [3.63, 3.8) is 0 Å². The fourth-order valence-corrected chi connectivity index (χ4v) is 3.47. The standard InChI is InChI=1S/C21H16F3N3O3/c1-21(2)14-6-4-3-5-13(14)19(28)27(20(21)29)10-12-8-7-11(9-15(12)22)17-25-26-18(30-17)16(23)24/h3-9,16H,10H2,1-2H3. The van der Waals surface area contributed by atoms with Crippen molar-refractivity contribution in [3.8, 4) is 11.5 Å². The van der Waals surface area contributed by atoms with Gasteiger partial charge in [0.25, 0.3) is 11.8 Å². The minimum Gasteiger partial charge on any atom is -0.415 e. The van der Waals surface area contributed by atoms with Gasteiger partial charge in [-0.15, -0.1) is 10.2 Å². The van der Waals surface area contributed by atoms with Crippen LogP contribution in [-0.2, 0) is 16.8 Å². The van der Waals surface area contributed by atoms with Crippen LogP contribution in [0.4, 0.5) is 13.2 Å². The van der Waals surface area contributed by atoms with Gasteiger partial charge in [-0.05, 0) is 37.6 Å². The summed E-state index contributed by atoms with van der Waals surface area (Å²) in [6, 6.07) is 10.6. The topological polar surface area (TPSA) is 76.3 Å². The van der Waals surface area contributed by atoms with Crippen LogP contribution in [-0.4, -0.2) is 26.9 Å². The number of benzene rings is 2. The van der Waals surface area contributed by atoms with Crippen molar-refractivity contribution in [2.24, 2.45) is 0 Å². The molecule has 0 radical (unpaired) electrons. The van der Waals surface area contributed by atoms with Crippen molar-refractivity contribution < 1.29 is 27.2 Å². The van der Waals surface area contributed by atoms with Gasteiger partial charge in [0.15, 0.2) is 0 Å². The second-order valence-electron chi connectivity index (χ2n) is 7.42. The molecule has 4 rings (SSSR count). The highest BCUT2D eigenvalue weighted by atomic mass is 19.3. The molecule has 2 aromatic carbocycles. The molecule has 0 bridgehead atoms. The van der Waals surface area contributed by atoms with E-state index in [9.17, 15) is 22.8 Å². The number of amides is 2. The molecule has 1 aliphatic heterocycles. The Morgan fingerprint density at radius 1 is 1.10 bits per heavy atom. The zero-order valence-electron chi connectivity index (χ0n) is 16.0. The third-order valence-corrected chi connectivity index (χ3v) is 5.11. The van der Waals surface area contributed by atoms with Gasteiger partial charge in [-0.1, -0.05) is 24.3 Å². The fraction of sp³-hybridized carbons (Fsp3) is 0.238. The van der Waals surface area contributed by atoms with Crippen LogP contribution >= 0.6 is 0 Å². The van der Waals surface area contributed by atoms with Crippen LogP contribution in [0, 0.1) is 5.82 Å². The van der Waals surface area contributed by atoms with Crippen LogP contribution in [0.1, 0.15) is 47.6 Å². The van der Waals surface area contributed by atoms with Crippen LogP contribution in [0.5, 0.6) is 0 Å². The minimum atomic E-state index is -2.93. The quantitative estimate of drug-likeness (QED) is 0.595. The zero-order valence-corrected chi connectivity index (χ0v) is 16.0. The van der Waals surface area contributed by atoms with Gasteiger partial charge < -0.3 is 4.42 Å². The minimum absolute atomic E-state index is 0.0872. The SMILES string of the molecule is CC1(C)C(=O)N(Cc2ccc(-c3nnc(C(F)F)o3)cc2F)C(=O)c2ccccc21. The molecule has 2 amide bonds. The summed E-state index contributed by atoms with van der Waals surface area (Å²) in [6.45, 7) is 3.15. The van der Waals surface area contributed by atoms with E-state index in [0.29, 0.717) is 11.1 Å². The first-order chi connectivity index (χ1) is 14.2. The molecule has 1 aromatic heterocycles. The van der Waals surface area contributed by atoms with E-state index in [1.54, 1.807) is 38.1 Å². The maximum Gasteiger partial charge on any atom is 0.314 e. The van der Waals surface area contributed by atoms with Crippen molar-refractivity contribution in [1.82, 2.24) is 15.1 Å². The Balaban J connectivity index is 1.64. The van der Waals surface area contributed by atoms with E-state index in [1.165, 1.54) is 12.1 Å². The maximum absolute atomic E-state index is 14.7. The lowest BCUT2D eigenvalue weighted by molar-refractivity contribution is -0.134. The van der Waals surface area contributed by atoms with E-state index in [-0.39, 0.29) is 23.6 Å². The third kappa shape index (κ3) is 3.16. The van der Waals surface area contributed by atoms with E-state index in [1.807, 2.05) is 0 Å². The summed E-state index contributed by atoms with van der Waals surface area (Å²) in [7, 11) is 0. The van der Waals surface area contributed by atoms with Crippen molar-refractivity contribution in [2.75, 3.05) is 0 Å². The average molecular weight is 415 g/mol. The van der Waals surface area contributed by atoms with Crippen molar-refractivity contribution >= 4 is 11.8 Å². The number of hydrogen-bond acceptors (Lipinski definition) is 5. The predicted octanol–water partition coefficient (Wildman–Crippen LogP) is 4.27. The second kappa shape index (κ2) is 7.08. The number of halogens is 3. The lowest BCUT2D eigenvalue weighted by Gasteiger charge is -2.37. The van der Waals surface area contributed by atoms with E-state index in [4.69, 9.17) is 4.42 Å².